The number of aliphatic hydroxyl groups is 3. The number of amides is 1. The predicted molar refractivity (Wildman–Crippen MR) is 129 cm³/mol. The fourth-order valence-electron chi connectivity index (χ4n) is 6.10. The zero-order valence-electron chi connectivity index (χ0n) is 20.9. The van der Waals surface area contributed by atoms with Gasteiger partial charge in [-0.05, 0) is 38.1 Å². The molecule has 11 heteroatoms. The Morgan fingerprint density at radius 1 is 1.16 bits per heavy atom. The number of ether oxygens (including phenoxy) is 1. The predicted octanol–water partition coefficient (Wildman–Crippen LogP) is 0.847. The van der Waals surface area contributed by atoms with Crippen molar-refractivity contribution < 1.29 is 44.3 Å². The number of aliphatic hydroxyl groups excluding tert-OH is 2. The SMILES string of the molecule is CCCC(=O)O[C@H]1[C@H]2C(=C(O)c3c(O)cccc3[C@@H]2C)C(=O)[C@]2(O)C(O)=C(C(N)=O)C(=O)C(N(C)C)[C@H]12. The van der Waals surface area contributed by atoms with E-state index in [2.05, 4.69) is 0 Å². The molecule has 0 aliphatic heterocycles. The molecule has 0 saturated heterocycles. The molecule has 1 saturated carbocycles. The van der Waals surface area contributed by atoms with Crippen molar-refractivity contribution in [1.29, 1.82) is 0 Å². The smallest absolute Gasteiger partial charge is 0.306 e. The molecule has 1 aromatic carbocycles. The maximum Gasteiger partial charge on any atom is 0.306 e. The minimum absolute atomic E-state index is 0.00592. The zero-order valence-corrected chi connectivity index (χ0v) is 20.9. The van der Waals surface area contributed by atoms with Gasteiger partial charge in [-0.1, -0.05) is 26.0 Å². The van der Waals surface area contributed by atoms with Gasteiger partial charge in [0.15, 0.2) is 11.4 Å². The molecule has 6 N–H and O–H groups in total. The van der Waals surface area contributed by atoms with Crippen molar-refractivity contribution in [1.82, 2.24) is 4.90 Å². The van der Waals surface area contributed by atoms with Gasteiger partial charge in [0.1, 0.15) is 28.9 Å². The monoisotopic (exact) mass is 514 g/mol. The summed E-state index contributed by atoms with van der Waals surface area (Å²) >= 11 is 0. The van der Waals surface area contributed by atoms with Crippen LogP contribution in [0, 0.1) is 11.8 Å². The summed E-state index contributed by atoms with van der Waals surface area (Å²) in [5, 5.41) is 44.7. The van der Waals surface area contributed by atoms with E-state index in [1.54, 1.807) is 26.0 Å². The highest BCUT2D eigenvalue weighted by Crippen LogP contribution is 2.56. The van der Waals surface area contributed by atoms with E-state index >= 15 is 0 Å². The third-order valence-electron chi connectivity index (χ3n) is 7.69. The van der Waals surface area contributed by atoms with Gasteiger partial charge >= 0.3 is 5.97 Å². The quantitative estimate of drug-likeness (QED) is 0.278. The highest BCUT2D eigenvalue weighted by molar-refractivity contribution is 6.24. The number of ketones is 2. The number of benzene rings is 1. The number of hydrogen-bond donors (Lipinski definition) is 5. The molecular weight excluding hydrogens is 484 g/mol. The molecule has 3 aliphatic carbocycles. The molecule has 198 valence electrons. The largest absolute Gasteiger partial charge is 0.508 e. The van der Waals surface area contributed by atoms with Gasteiger partial charge in [0.2, 0.25) is 5.78 Å². The first-order valence-corrected chi connectivity index (χ1v) is 12.0. The molecule has 4 rings (SSSR count). The standard InChI is InChI=1S/C26H30N2O9/c1-5-7-13(30)37-22-14-10(2)11-8-6-9-12(29)15(11)20(31)16(14)23(33)26(36)18(22)19(28(3)4)21(32)17(24(26)34)25(27)35/h6,8-10,14,18-19,22,29,31,34,36H,5,7H2,1-4H3,(H2,27,35)/t10-,14+,18+,19?,22-,26-/m0/s1. The van der Waals surface area contributed by atoms with Crippen molar-refractivity contribution in [2.24, 2.45) is 17.6 Å². The Bertz CT molecular complexity index is 1280. The Morgan fingerprint density at radius 2 is 1.81 bits per heavy atom. The zero-order chi connectivity index (χ0) is 27.6. The highest BCUT2D eigenvalue weighted by Gasteiger charge is 2.69. The number of likely N-dealkylation sites (N-methyl/N-ethyl adjacent to an activating group) is 1. The number of aromatic hydroxyl groups is 1. The number of fused-ring (bicyclic) bond motifs is 3. The fourth-order valence-corrected chi connectivity index (χ4v) is 6.10. The summed E-state index contributed by atoms with van der Waals surface area (Å²) in [6.45, 7) is 3.45. The van der Waals surface area contributed by atoms with Crippen LogP contribution in [-0.2, 0) is 23.9 Å². The number of phenols is 1. The van der Waals surface area contributed by atoms with E-state index in [-0.39, 0.29) is 17.7 Å². The Balaban J connectivity index is 2.09. The summed E-state index contributed by atoms with van der Waals surface area (Å²) in [6.07, 6.45) is -0.969. The molecule has 1 amide bonds. The molecule has 1 aromatic rings. The van der Waals surface area contributed by atoms with Gasteiger partial charge in [-0.3, -0.25) is 24.1 Å². The summed E-state index contributed by atoms with van der Waals surface area (Å²) in [5.74, 6) is -9.62. The summed E-state index contributed by atoms with van der Waals surface area (Å²) < 4.78 is 5.83. The minimum atomic E-state index is -2.94. The van der Waals surface area contributed by atoms with E-state index in [9.17, 15) is 39.6 Å². The molecule has 37 heavy (non-hydrogen) atoms. The fraction of sp³-hybridized carbons (Fsp3) is 0.462. The lowest BCUT2D eigenvalue weighted by molar-refractivity contribution is -0.185. The average molecular weight is 515 g/mol. The first-order chi connectivity index (χ1) is 17.3. The Labute approximate surface area is 212 Å². The van der Waals surface area contributed by atoms with Gasteiger partial charge in [-0.2, -0.15) is 0 Å². The van der Waals surface area contributed by atoms with E-state index in [0.29, 0.717) is 12.0 Å². The van der Waals surface area contributed by atoms with Crippen LogP contribution >= 0.6 is 0 Å². The number of phenolic OH excluding ortho intramolecular Hbond substituents is 1. The molecule has 6 atom stereocenters. The van der Waals surface area contributed by atoms with Crippen LogP contribution in [0.4, 0.5) is 0 Å². The molecule has 11 nitrogen and oxygen atoms in total. The van der Waals surface area contributed by atoms with Gasteiger partial charge in [0, 0.05) is 17.9 Å². The third-order valence-corrected chi connectivity index (χ3v) is 7.69. The van der Waals surface area contributed by atoms with Crippen molar-refractivity contribution in [3.63, 3.8) is 0 Å². The molecule has 1 unspecified atom stereocenters. The van der Waals surface area contributed by atoms with Crippen molar-refractivity contribution in [3.8, 4) is 5.75 Å². The number of carbonyl (C=O) groups is 4. The second-order valence-corrected chi connectivity index (χ2v) is 10.0. The number of Topliss-reactive ketones (excluding diaryl/α,β-unsaturated/α-hetero) is 2. The lowest BCUT2D eigenvalue weighted by atomic mass is 9.54. The molecule has 0 spiro atoms. The minimum Gasteiger partial charge on any atom is -0.508 e. The Morgan fingerprint density at radius 3 is 2.38 bits per heavy atom. The van der Waals surface area contributed by atoms with Gasteiger partial charge in [0.25, 0.3) is 5.91 Å². The summed E-state index contributed by atoms with van der Waals surface area (Å²) in [5.41, 5.74) is 1.50. The van der Waals surface area contributed by atoms with Crippen LogP contribution in [0.2, 0.25) is 0 Å². The van der Waals surface area contributed by atoms with Crippen LogP contribution < -0.4 is 5.73 Å². The van der Waals surface area contributed by atoms with Crippen molar-refractivity contribution >= 4 is 29.2 Å². The van der Waals surface area contributed by atoms with Crippen LogP contribution in [0.5, 0.6) is 5.75 Å². The van der Waals surface area contributed by atoms with E-state index in [1.807, 2.05) is 0 Å². The van der Waals surface area contributed by atoms with Crippen LogP contribution in [-0.4, -0.2) is 80.6 Å². The summed E-state index contributed by atoms with van der Waals surface area (Å²) in [7, 11) is 2.94. The number of nitrogens with two attached hydrogens (primary N) is 1. The third kappa shape index (κ3) is 3.56. The van der Waals surface area contributed by atoms with Crippen LogP contribution in [0.1, 0.15) is 43.7 Å². The van der Waals surface area contributed by atoms with Gasteiger partial charge < -0.3 is 30.9 Å². The molecule has 0 heterocycles. The maximum atomic E-state index is 14.0. The van der Waals surface area contributed by atoms with E-state index in [0.717, 1.165) is 0 Å². The Kier molecular flexibility index (Phi) is 6.41. The number of nitrogens with zero attached hydrogens (tertiary/aromatic N) is 1. The molecule has 3 aliphatic rings. The van der Waals surface area contributed by atoms with Crippen molar-refractivity contribution in [3.05, 3.63) is 46.2 Å². The van der Waals surface area contributed by atoms with Crippen molar-refractivity contribution in [2.75, 3.05) is 14.1 Å². The molecule has 0 radical (unpaired) electrons. The van der Waals surface area contributed by atoms with Crippen LogP contribution in [0.25, 0.3) is 5.76 Å². The molecule has 0 aromatic heterocycles. The average Bonchev–Trinajstić information content (AvgIpc) is 2.80. The number of esters is 1. The number of primary amides is 1. The molecular formula is C26H30N2O9. The lowest BCUT2D eigenvalue weighted by Gasteiger charge is -2.54. The van der Waals surface area contributed by atoms with Gasteiger partial charge in [-0.15, -0.1) is 0 Å². The van der Waals surface area contributed by atoms with Crippen LogP contribution in [0.15, 0.2) is 35.1 Å². The summed E-state index contributed by atoms with van der Waals surface area (Å²) in [6, 6.07) is 3.12. The molecule has 0 bridgehead atoms. The van der Waals surface area contributed by atoms with Crippen LogP contribution in [0.3, 0.4) is 0 Å². The number of hydrogen-bond acceptors (Lipinski definition) is 10. The van der Waals surface area contributed by atoms with Gasteiger partial charge in [-0.25, -0.2) is 0 Å². The lowest BCUT2D eigenvalue weighted by Crippen LogP contribution is -2.71. The number of carbonyl (C=O) groups excluding carboxylic acids is 4. The second-order valence-electron chi connectivity index (χ2n) is 10.0. The van der Waals surface area contributed by atoms with E-state index < -0.39 is 81.6 Å². The first kappa shape index (κ1) is 26.4. The van der Waals surface area contributed by atoms with E-state index in [4.69, 9.17) is 10.5 Å². The van der Waals surface area contributed by atoms with Crippen molar-refractivity contribution in [2.45, 2.75) is 50.4 Å². The normalized spacial score (nSPS) is 31.1. The maximum absolute atomic E-state index is 14.0. The van der Waals surface area contributed by atoms with E-state index in [1.165, 1.54) is 25.1 Å². The Hall–Kier alpha value is -3.70. The topological polar surface area (TPSA) is 188 Å². The number of rotatable bonds is 5. The summed E-state index contributed by atoms with van der Waals surface area (Å²) in [4.78, 5) is 53.8. The van der Waals surface area contributed by atoms with Gasteiger partial charge in [0.05, 0.1) is 17.5 Å². The molecule has 1 fully saturated rings. The first-order valence-electron chi connectivity index (χ1n) is 12.0. The highest BCUT2D eigenvalue weighted by atomic mass is 16.5. The second kappa shape index (κ2) is 9.00.